The molecular weight excluding hydrogens is 236 g/mol. The SMILES string of the molecule is CSc1ccc(C(O)C(C(=O)O)C(C)C)cc1. The molecule has 2 N–H and O–H groups in total. The Hall–Kier alpha value is -1.00. The number of hydrogen-bond donors (Lipinski definition) is 2. The Morgan fingerprint density at radius 1 is 1.24 bits per heavy atom. The molecule has 2 atom stereocenters. The summed E-state index contributed by atoms with van der Waals surface area (Å²) in [6, 6.07) is 7.36. The molecule has 1 rings (SSSR count). The monoisotopic (exact) mass is 254 g/mol. The average Bonchev–Trinajstić information content (AvgIpc) is 2.28. The van der Waals surface area contributed by atoms with Crippen LogP contribution in [0.1, 0.15) is 25.5 Å². The van der Waals surface area contributed by atoms with E-state index >= 15 is 0 Å². The Bertz CT molecular complexity index is 373. The maximum absolute atomic E-state index is 11.1. The van der Waals surface area contributed by atoms with Crippen molar-refractivity contribution in [3.8, 4) is 0 Å². The lowest BCUT2D eigenvalue weighted by Gasteiger charge is -2.22. The normalized spacial score (nSPS) is 14.6. The molecular formula is C13H18O3S. The summed E-state index contributed by atoms with van der Waals surface area (Å²) in [5.74, 6) is -1.83. The molecule has 1 aromatic carbocycles. The minimum absolute atomic E-state index is 0.109. The molecule has 2 unspecified atom stereocenters. The number of aliphatic carboxylic acids is 1. The van der Waals surface area contributed by atoms with Gasteiger partial charge in [0.15, 0.2) is 0 Å². The number of carboxylic acids is 1. The molecule has 94 valence electrons. The predicted molar refractivity (Wildman–Crippen MR) is 69.1 cm³/mol. The van der Waals surface area contributed by atoms with Crippen LogP contribution in [0.3, 0.4) is 0 Å². The van der Waals surface area contributed by atoms with Gasteiger partial charge in [0, 0.05) is 4.90 Å². The van der Waals surface area contributed by atoms with E-state index in [0.717, 1.165) is 4.90 Å². The van der Waals surface area contributed by atoms with Crippen molar-refractivity contribution in [1.29, 1.82) is 0 Å². The van der Waals surface area contributed by atoms with E-state index < -0.39 is 18.0 Å². The minimum atomic E-state index is -0.957. The average molecular weight is 254 g/mol. The van der Waals surface area contributed by atoms with Crippen LogP contribution in [-0.2, 0) is 4.79 Å². The van der Waals surface area contributed by atoms with E-state index in [0.29, 0.717) is 5.56 Å². The summed E-state index contributed by atoms with van der Waals surface area (Å²) in [6.45, 7) is 3.61. The fourth-order valence-corrected chi connectivity index (χ4v) is 2.20. The molecule has 0 fully saturated rings. The van der Waals surface area contributed by atoms with Crippen LogP contribution in [0.15, 0.2) is 29.2 Å². The van der Waals surface area contributed by atoms with Crippen LogP contribution >= 0.6 is 11.8 Å². The van der Waals surface area contributed by atoms with Crippen LogP contribution in [0.5, 0.6) is 0 Å². The molecule has 0 bridgehead atoms. The molecule has 0 aliphatic heterocycles. The predicted octanol–water partition coefficient (Wildman–Crippen LogP) is 2.80. The Labute approximate surface area is 106 Å². The van der Waals surface area contributed by atoms with Crippen LogP contribution in [0.4, 0.5) is 0 Å². The molecule has 0 spiro atoms. The molecule has 1 aromatic rings. The van der Waals surface area contributed by atoms with E-state index in [1.54, 1.807) is 37.7 Å². The summed E-state index contributed by atoms with van der Waals surface area (Å²) >= 11 is 1.61. The van der Waals surface area contributed by atoms with Gasteiger partial charge in [-0.2, -0.15) is 0 Å². The van der Waals surface area contributed by atoms with Gasteiger partial charge in [-0.3, -0.25) is 4.79 Å². The van der Waals surface area contributed by atoms with E-state index in [1.807, 2.05) is 18.4 Å². The molecule has 3 nitrogen and oxygen atoms in total. The second-order valence-electron chi connectivity index (χ2n) is 4.33. The molecule has 0 aromatic heterocycles. The molecule has 0 aliphatic carbocycles. The first-order valence-corrected chi connectivity index (χ1v) is 6.74. The van der Waals surface area contributed by atoms with Crippen molar-refractivity contribution in [2.24, 2.45) is 11.8 Å². The van der Waals surface area contributed by atoms with Crippen molar-refractivity contribution in [2.75, 3.05) is 6.26 Å². The minimum Gasteiger partial charge on any atom is -0.481 e. The van der Waals surface area contributed by atoms with Gasteiger partial charge in [0.1, 0.15) is 0 Å². The summed E-state index contributed by atoms with van der Waals surface area (Å²) in [5, 5.41) is 19.2. The first-order chi connectivity index (χ1) is 7.97. The zero-order valence-electron chi connectivity index (χ0n) is 10.3. The van der Waals surface area contributed by atoms with Crippen molar-refractivity contribution in [2.45, 2.75) is 24.8 Å². The fraction of sp³-hybridized carbons (Fsp3) is 0.462. The van der Waals surface area contributed by atoms with E-state index in [9.17, 15) is 9.90 Å². The lowest BCUT2D eigenvalue weighted by atomic mass is 9.87. The smallest absolute Gasteiger partial charge is 0.309 e. The third-order valence-corrected chi connectivity index (χ3v) is 3.54. The molecule has 0 radical (unpaired) electrons. The maximum Gasteiger partial charge on any atom is 0.309 e. The van der Waals surface area contributed by atoms with Crippen LogP contribution < -0.4 is 0 Å². The van der Waals surface area contributed by atoms with Crippen molar-refractivity contribution < 1.29 is 15.0 Å². The fourth-order valence-electron chi connectivity index (χ4n) is 1.79. The van der Waals surface area contributed by atoms with Crippen LogP contribution in [0.25, 0.3) is 0 Å². The third kappa shape index (κ3) is 3.48. The lowest BCUT2D eigenvalue weighted by Crippen LogP contribution is -2.26. The van der Waals surface area contributed by atoms with E-state index in [4.69, 9.17) is 5.11 Å². The first kappa shape index (κ1) is 14.1. The van der Waals surface area contributed by atoms with Crippen molar-refractivity contribution >= 4 is 17.7 Å². The van der Waals surface area contributed by atoms with Gasteiger partial charge in [0.25, 0.3) is 0 Å². The zero-order chi connectivity index (χ0) is 13.0. The Morgan fingerprint density at radius 2 is 1.76 bits per heavy atom. The molecule has 0 amide bonds. The molecule has 4 heteroatoms. The van der Waals surface area contributed by atoms with Gasteiger partial charge < -0.3 is 10.2 Å². The number of aliphatic hydroxyl groups excluding tert-OH is 1. The first-order valence-electron chi connectivity index (χ1n) is 5.52. The van der Waals surface area contributed by atoms with E-state index in [-0.39, 0.29) is 5.92 Å². The Kier molecular flexibility index (Phi) is 5.02. The highest BCUT2D eigenvalue weighted by molar-refractivity contribution is 7.98. The highest BCUT2D eigenvalue weighted by Crippen LogP contribution is 2.29. The van der Waals surface area contributed by atoms with Gasteiger partial charge in [-0.25, -0.2) is 0 Å². The zero-order valence-corrected chi connectivity index (χ0v) is 11.1. The van der Waals surface area contributed by atoms with Gasteiger partial charge in [-0.15, -0.1) is 11.8 Å². The Balaban J connectivity index is 2.93. The number of benzene rings is 1. The third-order valence-electron chi connectivity index (χ3n) is 2.80. The number of carboxylic acid groups (broad SMARTS) is 1. The summed E-state index contributed by atoms with van der Waals surface area (Å²) in [7, 11) is 0. The van der Waals surface area contributed by atoms with Crippen LogP contribution in [0, 0.1) is 11.8 Å². The van der Waals surface area contributed by atoms with E-state index in [2.05, 4.69) is 0 Å². The molecule has 0 heterocycles. The van der Waals surface area contributed by atoms with Gasteiger partial charge in [0.05, 0.1) is 12.0 Å². The maximum atomic E-state index is 11.1. The lowest BCUT2D eigenvalue weighted by molar-refractivity contribution is -0.148. The van der Waals surface area contributed by atoms with Gasteiger partial charge >= 0.3 is 5.97 Å². The van der Waals surface area contributed by atoms with Gasteiger partial charge in [-0.1, -0.05) is 26.0 Å². The van der Waals surface area contributed by atoms with Crippen LogP contribution in [-0.4, -0.2) is 22.4 Å². The molecule has 0 saturated heterocycles. The van der Waals surface area contributed by atoms with Gasteiger partial charge in [-0.05, 0) is 29.9 Å². The number of aliphatic hydroxyl groups is 1. The highest BCUT2D eigenvalue weighted by atomic mass is 32.2. The summed E-state index contributed by atoms with van der Waals surface area (Å²) in [5.41, 5.74) is 0.656. The second kappa shape index (κ2) is 6.07. The van der Waals surface area contributed by atoms with Crippen LogP contribution in [0.2, 0.25) is 0 Å². The summed E-state index contributed by atoms with van der Waals surface area (Å²) < 4.78 is 0. The number of hydrogen-bond acceptors (Lipinski definition) is 3. The van der Waals surface area contributed by atoms with Crippen molar-refractivity contribution in [3.05, 3.63) is 29.8 Å². The number of thioether (sulfide) groups is 1. The molecule has 0 saturated carbocycles. The van der Waals surface area contributed by atoms with Crippen molar-refractivity contribution in [1.82, 2.24) is 0 Å². The Morgan fingerprint density at radius 3 is 2.12 bits per heavy atom. The number of carbonyl (C=O) groups is 1. The highest BCUT2D eigenvalue weighted by Gasteiger charge is 2.30. The van der Waals surface area contributed by atoms with Gasteiger partial charge in [0.2, 0.25) is 0 Å². The largest absolute Gasteiger partial charge is 0.481 e. The second-order valence-corrected chi connectivity index (χ2v) is 5.21. The summed E-state index contributed by atoms with van der Waals surface area (Å²) in [4.78, 5) is 12.2. The van der Waals surface area contributed by atoms with E-state index in [1.165, 1.54) is 0 Å². The standard InChI is InChI=1S/C13H18O3S/c1-8(2)11(13(15)16)12(14)9-4-6-10(17-3)7-5-9/h4-8,11-12,14H,1-3H3,(H,15,16). The molecule has 0 aliphatic rings. The molecule has 17 heavy (non-hydrogen) atoms. The number of rotatable bonds is 5. The topological polar surface area (TPSA) is 57.5 Å². The van der Waals surface area contributed by atoms with Crippen molar-refractivity contribution in [3.63, 3.8) is 0 Å². The summed E-state index contributed by atoms with van der Waals surface area (Å²) in [6.07, 6.45) is 1.02. The quantitative estimate of drug-likeness (QED) is 0.793.